The predicted octanol–water partition coefficient (Wildman–Crippen LogP) is 4.56. The Bertz CT molecular complexity index is 580. The predicted molar refractivity (Wildman–Crippen MR) is 78.2 cm³/mol. The van der Waals surface area contributed by atoms with Gasteiger partial charge in [-0.1, -0.05) is 51.1 Å². The molecule has 0 amide bonds. The van der Waals surface area contributed by atoms with Gasteiger partial charge in [-0.25, -0.2) is 0 Å². The van der Waals surface area contributed by atoms with Gasteiger partial charge in [-0.15, -0.1) is 0 Å². The van der Waals surface area contributed by atoms with Crippen LogP contribution in [0, 0.1) is 0 Å². The normalized spacial score (nSPS) is 11.9. The highest BCUT2D eigenvalue weighted by atomic mass is 16.3. The van der Waals surface area contributed by atoms with E-state index in [0.717, 1.165) is 5.56 Å². The Kier molecular flexibility index (Phi) is 3.70. The molecule has 2 heteroatoms. The molecule has 0 unspecified atom stereocenters. The molecule has 0 aliphatic carbocycles. The molecule has 0 saturated heterocycles. The van der Waals surface area contributed by atoms with Gasteiger partial charge < -0.3 is 4.42 Å². The highest BCUT2D eigenvalue weighted by molar-refractivity contribution is 5.73. The Morgan fingerprint density at radius 2 is 1.53 bits per heavy atom. The van der Waals surface area contributed by atoms with Crippen molar-refractivity contribution in [3.63, 3.8) is 0 Å². The van der Waals surface area contributed by atoms with E-state index >= 15 is 0 Å². The third kappa shape index (κ3) is 3.44. The number of rotatable bonds is 3. The van der Waals surface area contributed by atoms with Gasteiger partial charge >= 0.3 is 0 Å². The fourth-order valence-corrected chi connectivity index (χ4v) is 1.79. The minimum Gasteiger partial charge on any atom is -0.454 e. The van der Waals surface area contributed by atoms with Gasteiger partial charge in [0.1, 0.15) is 5.76 Å². The van der Waals surface area contributed by atoms with Crippen LogP contribution in [-0.4, -0.2) is 6.29 Å². The van der Waals surface area contributed by atoms with Crippen LogP contribution in [0.5, 0.6) is 0 Å². The molecule has 0 bridgehead atoms. The number of benzene rings is 1. The summed E-state index contributed by atoms with van der Waals surface area (Å²) in [7, 11) is 0. The minimum atomic E-state index is 0.169. The summed E-state index contributed by atoms with van der Waals surface area (Å²) < 4.78 is 5.28. The molecule has 1 aromatic carbocycles. The van der Waals surface area contributed by atoms with Gasteiger partial charge in [-0.05, 0) is 34.8 Å². The summed E-state index contributed by atoms with van der Waals surface area (Å²) in [6.45, 7) is 6.59. The molecule has 98 valence electrons. The lowest BCUT2D eigenvalue weighted by Gasteiger charge is -2.18. The van der Waals surface area contributed by atoms with Crippen molar-refractivity contribution in [2.24, 2.45) is 0 Å². The molecule has 0 spiro atoms. The molecule has 2 rings (SSSR count). The molecule has 0 N–H and O–H groups in total. The van der Waals surface area contributed by atoms with E-state index in [1.165, 1.54) is 5.56 Å². The van der Waals surface area contributed by atoms with Crippen LogP contribution in [0.25, 0.3) is 12.2 Å². The highest BCUT2D eigenvalue weighted by Gasteiger charge is 2.12. The third-order valence-corrected chi connectivity index (χ3v) is 2.98. The molecule has 2 aromatic rings. The maximum Gasteiger partial charge on any atom is 0.185 e. The second-order valence-corrected chi connectivity index (χ2v) is 5.56. The maximum atomic E-state index is 10.5. The molecule has 19 heavy (non-hydrogen) atoms. The van der Waals surface area contributed by atoms with E-state index in [1.54, 1.807) is 12.1 Å². The number of hydrogen-bond acceptors (Lipinski definition) is 2. The van der Waals surface area contributed by atoms with Crippen molar-refractivity contribution in [3.8, 4) is 0 Å². The van der Waals surface area contributed by atoms with Crippen LogP contribution in [0.2, 0.25) is 0 Å². The van der Waals surface area contributed by atoms with Crippen LogP contribution in [-0.2, 0) is 5.41 Å². The van der Waals surface area contributed by atoms with Gasteiger partial charge in [0.15, 0.2) is 12.0 Å². The first-order valence-electron chi connectivity index (χ1n) is 6.33. The van der Waals surface area contributed by atoms with E-state index < -0.39 is 0 Å². The van der Waals surface area contributed by atoms with Crippen molar-refractivity contribution in [1.82, 2.24) is 0 Å². The zero-order chi connectivity index (χ0) is 13.9. The van der Waals surface area contributed by atoms with E-state index in [2.05, 4.69) is 45.0 Å². The Hall–Kier alpha value is -2.09. The minimum absolute atomic E-state index is 0.169. The lowest BCUT2D eigenvalue weighted by atomic mass is 9.87. The molecule has 0 aliphatic heterocycles. The number of furan rings is 1. The van der Waals surface area contributed by atoms with E-state index in [-0.39, 0.29) is 5.41 Å². The van der Waals surface area contributed by atoms with Crippen molar-refractivity contribution in [3.05, 3.63) is 59.0 Å². The first kappa shape index (κ1) is 13.3. The van der Waals surface area contributed by atoms with Gasteiger partial charge in [-0.2, -0.15) is 0 Å². The zero-order valence-electron chi connectivity index (χ0n) is 11.5. The van der Waals surface area contributed by atoms with Crippen molar-refractivity contribution in [2.45, 2.75) is 26.2 Å². The van der Waals surface area contributed by atoms with E-state index in [4.69, 9.17) is 4.42 Å². The van der Waals surface area contributed by atoms with Crippen LogP contribution in [0.4, 0.5) is 0 Å². The van der Waals surface area contributed by atoms with E-state index in [9.17, 15) is 4.79 Å². The largest absolute Gasteiger partial charge is 0.454 e. The van der Waals surface area contributed by atoms with E-state index in [0.29, 0.717) is 17.8 Å². The molecule has 0 fully saturated rings. The summed E-state index contributed by atoms with van der Waals surface area (Å²) in [5, 5.41) is 0. The summed E-state index contributed by atoms with van der Waals surface area (Å²) in [4.78, 5) is 10.5. The Labute approximate surface area is 113 Å². The molecule has 2 nitrogen and oxygen atoms in total. The molecule has 0 saturated carbocycles. The van der Waals surface area contributed by atoms with Crippen LogP contribution in [0.3, 0.4) is 0 Å². The molecule has 1 heterocycles. The molecule has 0 radical (unpaired) electrons. The smallest absolute Gasteiger partial charge is 0.185 e. The van der Waals surface area contributed by atoms with Crippen molar-refractivity contribution in [1.29, 1.82) is 0 Å². The molecule has 1 aromatic heterocycles. The van der Waals surface area contributed by atoms with Crippen LogP contribution < -0.4 is 0 Å². The third-order valence-electron chi connectivity index (χ3n) is 2.98. The fourth-order valence-electron chi connectivity index (χ4n) is 1.79. The van der Waals surface area contributed by atoms with Gasteiger partial charge in [0.05, 0.1) is 0 Å². The Morgan fingerprint density at radius 3 is 2.05 bits per heavy atom. The Morgan fingerprint density at radius 1 is 0.895 bits per heavy atom. The number of carbonyl (C=O) groups is 1. The second-order valence-electron chi connectivity index (χ2n) is 5.56. The standard InChI is InChI=1S/C17H18O2/c1-17(2,3)14-7-4-13(5-8-14)6-9-15-10-11-16(12-18)19-15/h4-12H,1-3H3/b9-6+. The van der Waals surface area contributed by atoms with Crippen molar-refractivity contribution >= 4 is 18.4 Å². The maximum absolute atomic E-state index is 10.5. The van der Waals surface area contributed by atoms with Crippen LogP contribution >= 0.6 is 0 Å². The molecular formula is C17H18O2. The number of aldehydes is 1. The van der Waals surface area contributed by atoms with Crippen LogP contribution in [0.15, 0.2) is 40.8 Å². The van der Waals surface area contributed by atoms with Gasteiger partial charge in [-0.3, -0.25) is 4.79 Å². The average molecular weight is 254 g/mol. The summed E-state index contributed by atoms with van der Waals surface area (Å²) in [5.74, 6) is 1.03. The fraction of sp³-hybridized carbons (Fsp3) is 0.235. The topological polar surface area (TPSA) is 30.2 Å². The highest BCUT2D eigenvalue weighted by Crippen LogP contribution is 2.22. The number of hydrogen-bond donors (Lipinski definition) is 0. The second kappa shape index (κ2) is 5.27. The SMILES string of the molecule is CC(C)(C)c1ccc(/C=C/c2ccc(C=O)o2)cc1. The van der Waals surface area contributed by atoms with Gasteiger partial charge in [0.2, 0.25) is 0 Å². The lowest BCUT2D eigenvalue weighted by molar-refractivity contribution is 0.110. The summed E-state index contributed by atoms with van der Waals surface area (Å²) in [6, 6.07) is 11.9. The quantitative estimate of drug-likeness (QED) is 0.751. The monoisotopic (exact) mass is 254 g/mol. The van der Waals surface area contributed by atoms with Gasteiger partial charge in [0.25, 0.3) is 0 Å². The number of carbonyl (C=O) groups excluding carboxylic acids is 1. The first-order valence-corrected chi connectivity index (χ1v) is 6.33. The van der Waals surface area contributed by atoms with Crippen molar-refractivity contribution < 1.29 is 9.21 Å². The Balaban J connectivity index is 2.13. The van der Waals surface area contributed by atoms with Crippen molar-refractivity contribution in [2.75, 3.05) is 0 Å². The van der Waals surface area contributed by atoms with E-state index in [1.807, 2.05) is 12.2 Å². The first-order chi connectivity index (χ1) is 8.99. The summed E-state index contributed by atoms with van der Waals surface area (Å²) in [5.41, 5.74) is 2.59. The summed E-state index contributed by atoms with van der Waals surface area (Å²) in [6.07, 6.45) is 4.54. The van der Waals surface area contributed by atoms with Crippen LogP contribution in [0.1, 0.15) is 48.2 Å². The molecule has 0 atom stereocenters. The summed E-state index contributed by atoms with van der Waals surface area (Å²) >= 11 is 0. The average Bonchev–Trinajstić information content (AvgIpc) is 2.84. The van der Waals surface area contributed by atoms with Gasteiger partial charge in [0, 0.05) is 0 Å². The zero-order valence-corrected chi connectivity index (χ0v) is 11.5. The molecular weight excluding hydrogens is 236 g/mol. The lowest BCUT2D eigenvalue weighted by Crippen LogP contribution is -2.10. The molecule has 0 aliphatic rings.